The molecule has 3 heterocycles. The molecule has 0 amide bonds. The third kappa shape index (κ3) is 3.62. The van der Waals surface area contributed by atoms with E-state index in [1.165, 1.54) is 15.9 Å². The largest absolute Gasteiger partial charge is 0.463 e. The SMILES string of the molecule is CCOC(=O)C1=C(C)N=c2s/c(=C\c3cccnc3)c(=O)n2[C@H]1c1ccccc1Cl. The van der Waals surface area contributed by atoms with Crippen LogP contribution in [0, 0.1) is 0 Å². The number of aromatic nitrogens is 2. The molecule has 30 heavy (non-hydrogen) atoms. The highest BCUT2D eigenvalue weighted by molar-refractivity contribution is 7.07. The third-order valence-corrected chi connectivity index (χ3v) is 6.03. The van der Waals surface area contributed by atoms with E-state index in [9.17, 15) is 9.59 Å². The zero-order valence-electron chi connectivity index (χ0n) is 16.3. The van der Waals surface area contributed by atoms with Gasteiger partial charge in [0.05, 0.1) is 22.4 Å². The average Bonchev–Trinajstić information content (AvgIpc) is 3.03. The van der Waals surface area contributed by atoms with Crippen molar-refractivity contribution in [3.05, 3.63) is 95.9 Å². The molecule has 8 heteroatoms. The summed E-state index contributed by atoms with van der Waals surface area (Å²) in [5, 5.41) is 0.459. The van der Waals surface area contributed by atoms with Gasteiger partial charge in [0.25, 0.3) is 5.56 Å². The number of hydrogen-bond donors (Lipinski definition) is 0. The number of rotatable bonds is 4. The van der Waals surface area contributed by atoms with Crippen LogP contribution < -0.4 is 14.9 Å². The zero-order valence-corrected chi connectivity index (χ0v) is 17.9. The first kappa shape index (κ1) is 20.3. The maximum Gasteiger partial charge on any atom is 0.338 e. The molecular formula is C22H18ClN3O3S. The van der Waals surface area contributed by atoms with Crippen LogP contribution in [0.1, 0.15) is 31.0 Å². The lowest BCUT2D eigenvalue weighted by atomic mass is 9.96. The van der Waals surface area contributed by atoms with E-state index in [-0.39, 0.29) is 12.2 Å². The Hall–Kier alpha value is -3.03. The van der Waals surface area contributed by atoms with Gasteiger partial charge in [-0.15, -0.1) is 0 Å². The minimum Gasteiger partial charge on any atom is -0.463 e. The molecule has 0 saturated carbocycles. The number of benzene rings is 1. The van der Waals surface area contributed by atoms with E-state index < -0.39 is 12.0 Å². The highest BCUT2D eigenvalue weighted by Gasteiger charge is 2.34. The number of fused-ring (bicyclic) bond motifs is 1. The van der Waals surface area contributed by atoms with Crippen LogP contribution in [0.2, 0.25) is 5.02 Å². The lowest BCUT2D eigenvalue weighted by molar-refractivity contribution is -0.139. The molecule has 1 aliphatic heterocycles. The van der Waals surface area contributed by atoms with Gasteiger partial charge in [0, 0.05) is 17.4 Å². The highest BCUT2D eigenvalue weighted by Crippen LogP contribution is 2.34. The molecule has 0 bridgehead atoms. The molecule has 0 radical (unpaired) electrons. The van der Waals surface area contributed by atoms with E-state index in [0.717, 1.165) is 5.56 Å². The zero-order chi connectivity index (χ0) is 21.3. The number of halogens is 1. The number of carbonyl (C=O) groups excluding carboxylic acids is 1. The van der Waals surface area contributed by atoms with Crippen molar-refractivity contribution in [3.8, 4) is 0 Å². The summed E-state index contributed by atoms with van der Waals surface area (Å²) in [7, 11) is 0. The topological polar surface area (TPSA) is 73.6 Å². The van der Waals surface area contributed by atoms with Crippen LogP contribution >= 0.6 is 22.9 Å². The Labute approximate surface area is 181 Å². The molecule has 0 aliphatic carbocycles. The lowest BCUT2D eigenvalue weighted by Crippen LogP contribution is -2.40. The summed E-state index contributed by atoms with van der Waals surface area (Å²) in [6, 6.07) is 10.1. The fourth-order valence-corrected chi connectivity index (χ4v) is 4.68. The summed E-state index contributed by atoms with van der Waals surface area (Å²) in [6.45, 7) is 3.70. The number of ether oxygens (including phenoxy) is 1. The van der Waals surface area contributed by atoms with Crippen LogP contribution in [0.25, 0.3) is 6.08 Å². The summed E-state index contributed by atoms with van der Waals surface area (Å²) < 4.78 is 7.29. The van der Waals surface area contributed by atoms with Crippen molar-refractivity contribution >= 4 is 35.0 Å². The van der Waals surface area contributed by atoms with Gasteiger partial charge in [-0.3, -0.25) is 14.3 Å². The minimum absolute atomic E-state index is 0.219. The standard InChI is InChI=1S/C22H18ClN3O3S/c1-3-29-21(28)18-13(2)25-22-26(19(18)15-8-4-5-9-16(15)23)20(27)17(30-22)11-14-7-6-10-24-12-14/h4-12,19H,3H2,1-2H3/b17-11-/t19-/m0/s1. The molecule has 0 fully saturated rings. The molecule has 3 aromatic rings. The van der Waals surface area contributed by atoms with E-state index in [1.807, 2.05) is 18.2 Å². The molecule has 0 spiro atoms. The predicted molar refractivity (Wildman–Crippen MR) is 116 cm³/mol. The predicted octanol–water partition coefficient (Wildman–Crippen LogP) is 2.85. The average molecular weight is 440 g/mol. The Bertz CT molecular complexity index is 1330. The van der Waals surface area contributed by atoms with Crippen LogP contribution in [-0.4, -0.2) is 22.1 Å². The Morgan fingerprint density at radius 3 is 2.80 bits per heavy atom. The number of allylic oxidation sites excluding steroid dienone is 1. The number of thiazole rings is 1. The first-order chi connectivity index (χ1) is 14.5. The van der Waals surface area contributed by atoms with Crippen LogP contribution in [0.4, 0.5) is 0 Å². The van der Waals surface area contributed by atoms with Crippen molar-refractivity contribution in [2.75, 3.05) is 6.61 Å². The first-order valence-corrected chi connectivity index (χ1v) is 10.5. The number of carbonyl (C=O) groups is 1. The summed E-state index contributed by atoms with van der Waals surface area (Å²) in [4.78, 5) is 35.3. The van der Waals surface area contributed by atoms with E-state index in [0.29, 0.717) is 31.2 Å². The Balaban J connectivity index is 1.99. The molecule has 4 rings (SSSR count). The molecule has 6 nitrogen and oxygen atoms in total. The molecule has 0 saturated heterocycles. The molecule has 0 unspecified atom stereocenters. The van der Waals surface area contributed by atoms with Gasteiger partial charge in [0.2, 0.25) is 0 Å². The number of hydrogen-bond acceptors (Lipinski definition) is 6. The van der Waals surface area contributed by atoms with Crippen LogP contribution in [0.5, 0.6) is 0 Å². The fraction of sp³-hybridized carbons (Fsp3) is 0.182. The van der Waals surface area contributed by atoms with Crippen molar-refractivity contribution in [2.45, 2.75) is 19.9 Å². The maximum absolute atomic E-state index is 13.4. The Morgan fingerprint density at radius 2 is 2.10 bits per heavy atom. The molecule has 152 valence electrons. The minimum atomic E-state index is -0.718. The summed E-state index contributed by atoms with van der Waals surface area (Å²) in [6.07, 6.45) is 5.12. The summed E-state index contributed by atoms with van der Waals surface area (Å²) in [5.41, 5.74) is 2.02. The quantitative estimate of drug-likeness (QED) is 0.586. The summed E-state index contributed by atoms with van der Waals surface area (Å²) >= 11 is 7.74. The number of nitrogens with zero attached hydrogens (tertiary/aromatic N) is 3. The second kappa shape index (κ2) is 8.38. The van der Waals surface area contributed by atoms with Gasteiger partial charge in [0.15, 0.2) is 4.80 Å². The molecule has 1 aromatic carbocycles. The Morgan fingerprint density at radius 1 is 1.30 bits per heavy atom. The molecule has 1 aliphatic rings. The monoisotopic (exact) mass is 439 g/mol. The smallest absolute Gasteiger partial charge is 0.338 e. The van der Waals surface area contributed by atoms with Gasteiger partial charge in [-0.05, 0) is 43.2 Å². The molecule has 0 N–H and O–H groups in total. The molecular weight excluding hydrogens is 422 g/mol. The fourth-order valence-electron chi connectivity index (χ4n) is 3.40. The second-order valence-corrected chi connectivity index (χ2v) is 8.03. The van der Waals surface area contributed by atoms with Crippen molar-refractivity contribution in [3.63, 3.8) is 0 Å². The third-order valence-electron chi connectivity index (χ3n) is 4.70. The van der Waals surface area contributed by atoms with Crippen LogP contribution in [-0.2, 0) is 9.53 Å². The van der Waals surface area contributed by atoms with Gasteiger partial charge < -0.3 is 4.74 Å². The van der Waals surface area contributed by atoms with E-state index >= 15 is 0 Å². The van der Waals surface area contributed by atoms with E-state index in [1.54, 1.807) is 50.5 Å². The van der Waals surface area contributed by atoms with Crippen LogP contribution in [0.3, 0.4) is 0 Å². The van der Waals surface area contributed by atoms with Crippen molar-refractivity contribution in [1.29, 1.82) is 0 Å². The highest BCUT2D eigenvalue weighted by atomic mass is 35.5. The lowest BCUT2D eigenvalue weighted by Gasteiger charge is -2.25. The molecule has 1 atom stereocenters. The normalized spacial score (nSPS) is 16.2. The Kier molecular flexibility index (Phi) is 5.65. The first-order valence-electron chi connectivity index (χ1n) is 9.35. The van der Waals surface area contributed by atoms with E-state index in [2.05, 4.69) is 9.98 Å². The van der Waals surface area contributed by atoms with Crippen molar-refractivity contribution < 1.29 is 9.53 Å². The van der Waals surface area contributed by atoms with Gasteiger partial charge in [-0.2, -0.15) is 0 Å². The van der Waals surface area contributed by atoms with Crippen LogP contribution in [0.15, 0.2) is 69.8 Å². The van der Waals surface area contributed by atoms with E-state index in [4.69, 9.17) is 16.3 Å². The molecule has 2 aromatic heterocycles. The number of pyridine rings is 1. The van der Waals surface area contributed by atoms with Gasteiger partial charge in [-0.1, -0.05) is 47.2 Å². The number of esters is 1. The maximum atomic E-state index is 13.4. The van der Waals surface area contributed by atoms with Gasteiger partial charge >= 0.3 is 5.97 Å². The summed E-state index contributed by atoms with van der Waals surface area (Å²) in [5.74, 6) is -0.509. The second-order valence-electron chi connectivity index (χ2n) is 6.61. The van der Waals surface area contributed by atoms with Gasteiger partial charge in [0.1, 0.15) is 6.04 Å². The van der Waals surface area contributed by atoms with Crippen molar-refractivity contribution in [1.82, 2.24) is 9.55 Å². The van der Waals surface area contributed by atoms with Gasteiger partial charge in [-0.25, -0.2) is 9.79 Å². The van der Waals surface area contributed by atoms with Crippen molar-refractivity contribution in [2.24, 2.45) is 4.99 Å².